The molecule has 0 aromatic rings. The van der Waals surface area contributed by atoms with E-state index in [2.05, 4.69) is 11.3 Å². The quantitative estimate of drug-likeness (QED) is 0.659. The maximum absolute atomic E-state index is 11.7. The Morgan fingerprint density at radius 1 is 1.50 bits per heavy atom. The van der Waals surface area contributed by atoms with Crippen LogP contribution < -0.4 is 0 Å². The molecule has 0 aromatic carbocycles. The van der Waals surface area contributed by atoms with Crippen LogP contribution in [0, 0.1) is 0 Å². The molecule has 0 saturated heterocycles. The maximum Gasteiger partial charge on any atom is 0.323 e. The van der Waals surface area contributed by atoms with Crippen molar-refractivity contribution in [3.05, 3.63) is 24.3 Å². The van der Waals surface area contributed by atoms with Crippen molar-refractivity contribution < 1.29 is 19.1 Å². The fraction of sp³-hybridized carbons (Fsp3) is 0.538. The first-order chi connectivity index (χ1) is 8.62. The van der Waals surface area contributed by atoms with Gasteiger partial charge in [-0.3, -0.25) is 14.5 Å². The van der Waals surface area contributed by atoms with E-state index in [9.17, 15) is 9.59 Å². The minimum Gasteiger partial charge on any atom is -0.469 e. The molecule has 0 saturated carbocycles. The van der Waals surface area contributed by atoms with E-state index < -0.39 is 6.04 Å². The Morgan fingerprint density at radius 3 is 2.72 bits per heavy atom. The van der Waals surface area contributed by atoms with Gasteiger partial charge in [0.2, 0.25) is 0 Å². The van der Waals surface area contributed by atoms with Gasteiger partial charge in [0.1, 0.15) is 6.04 Å². The molecule has 1 aliphatic heterocycles. The molecule has 5 heteroatoms. The van der Waals surface area contributed by atoms with E-state index in [1.54, 1.807) is 6.08 Å². The standard InChI is InChI=1S/C13H19NO4/c1-4-10-7-8-14(9-10)11(13(16)18-3)5-6-12(15)17-2/h4,7,11H,1,5-6,8-9H2,2-3H3/t11-/m0/s1. The second kappa shape index (κ2) is 6.96. The minimum absolute atomic E-state index is 0.205. The Hall–Kier alpha value is -1.62. The normalized spacial score (nSPS) is 16.9. The van der Waals surface area contributed by atoms with Crippen LogP contribution >= 0.6 is 0 Å². The number of nitrogens with zero attached hydrogens (tertiary/aromatic N) is 1. The van der Waals surface area contributed by atoms with Crippen molar-refractivity contribution in [1.29, 1.82) is 0 Å². The Morgan fingerprint density at radius 2 is 2.22 bits per heavy atom. The van der Waals surface area contributed by atoms with Gasteiger partial charge >= 0.3 is 11.9 Å². The van der Waals surface area contributed by atoms with Crippen molar-refractivity contribution in [2.75, 3.05) is 27.3 Å². The van der Waals surface area contributed by atoms with Gasteiger partial charge in [-0.05, 0) is 12.0 Å². The van der Waals surface area contributed by atoms with E-state index in [0.717, 1.165) is 5.57 Å². The number of methoxy groups -OCH3 is 2. The van der Waals surface area contributed by atoms with Crippen molar-refractivity contribution in [2.24, 2.45) is 0 Å². The Bertz CT molecular complexity index is 362. The molecular formula is C13H19NO4. The molecule has 0 amide bonds. The molecule has 5 nitrogen and oxygen atoms in total. The molecule has 0 N–H and O–H groups in total. The van der Waals surface area contributed by atoms with Crippen LogP contribution in [0.4, 0.5) is 0 Å². The van der Waals surface area contributed by atoms with Crippen molar-refractivity contribution in [3.63, 3.8) is 0 Å². The molecule has 0 unspecified atom stereocenters. The predicted octanol–water partition coefficient (Wildman–Crippen LogP) is 0.909. The van der Waals surface area contributed by atoms with Gasteiger partial charge < -0.3 is 9.47 Å². The Balaban J connectivity index is 2.60. The maximum atomic E-state index is 11.7. The zero-order valence-corrected chi connectivity index (χ0v) is 10.8. The van der Waals surface area contributed by atoms with Gasteiger partial charge in [0, 0.05) is 19.5 Å². The zero-order chi connectivity index (χ0) is 13.5. The molecule has 0 aromatic heterocycles. The summed E-state index contributed by atoms with van der Waals surface area (Å²) in [5.74, 6) is -0.641. The molecule has 100 valence electrons. The molecule has 18 heavy (non-hydrogen) atoms. The summed E-state index contributed by atoms with van der Waals surface area (Å²) < 4.78 is 9.36. The Kier molecular flexibility index (Phi) is 5.58. The SMILES string of the molecule is C=CC1=CCN([C@@H](CCC(=O)OC)C(=O)OC)C1. The van der Waals surface area contributed by atoms with Crippen LogP contribution in [0.3, 0.4) is 0 Å². The van der Waals surface area contributed by atoms with E-state index in [-0.39, 0.29) is 18.4 Å². The van der Waals surface area contributed by atoms with Crippen LogP contribution in [-0.4, -0.2) is 50.2 Å². The van der Waals surface area contributed by atoms with Gasteiger partial charge in [0.25, 0.3) is 0 Å². The molecular weight excluding hydrogens is 234 g/mol. The lowest BCUT2D eigenvalue weighted by Gasteiger charge is -2.25. The first-order valence-electron chi connectivity index (χ1n) is 5.82. The van der Waals surface area contributed by atoms with Gasteiger partial charge in [0.05, 0.1) is 14.2 Å². The summed E-state index contributed by atoms with van der Waals surface area (Å²) in [4.78, 5) is 24.8. The van der Waals surface area contributed by atoms with Crippen molar-refractivity contribution in [2.45, 2.75) is 18.9 Å². The molecule has 0 radical (unpaired) electrons. The average Bonchev–Trinajstić information content (AvgIpc) is 2.86. The number of esters is 2. The molecule has 1 heterocycles. The first-order valence-corrected chi connectivity index (χ1v) is 5.82. The lowest BCUT2D eigenvalue weighted by Crippen LogP contribution is -2.41. The largest absolute Gasteiger partial charge is 0.469 e. The van der Waals surface area contributed by atoms with Gasteiger partial charge in [-0.15, -0.1) is 0 Å². The highest BCUT2D eigenvalue weighted by atomic mass is 16.5. The molecule has 1 atom stereocenters. The lowest BCUT2D eigenvalue weighted by molar-refractivity contribution is -0.147. The number of ether oxygens (including phenoxy) is 2. The second-order valence-electron chi connectivity index (χ2n) is 4.07. The topological polar surface area (TPSA) is 55.8 Å². The number of carbonyl (C=O) groups excluding carboxylic acids is 2. The van der Waals surface area contributed by atoms with E-state index >= 15 is 0 Å². The first kappa shape index (κ1) is 14.4. The van der Waals surface area contributed by atoms with E-state index in [4.69, 9.17) is 4.74 Å². The minimum atomic E-state index is -0.414. The molecule has 0 bridgehead atoms. The third-order valence-electron chi connectivity index (χ3n) is 3.00. The monoisotopic (exact) mass is 253 g/mol. The fourth-order valence-corrected chi connectivity index (χ4v) is 1.93. The number of rotatable bonds is 6. The molecule has 1 rings (SSSR count). The average molecular weight is 253 g/mol. The summed E-state index contributed by atoms with van der Waals surface area (Å²) in [6.45, 7) is 5.03. The Labute approximate surface area is 107 Å². The smallest absolute Gasteiger partial charge is 0.323 e. The lowest BCUT2D eigenvalue weighted by atomic mass is 10.1. The third kappa shape index (κ3) is 3.70. The van der Waals surface area contributed by atoms with E-state index in [0.29, 0.717) is 19.5 Å². The fourth-order valence-electron chi connectivity index (χ4n) is 1.93. The van der Waals surface area contributed by atoms with Crippen molar-refractivity contribution in [3.8, 4) is 0 Å². The summed E-state index contributed by atoms with van der Waals surface area (Å²) in [5, 5.41) is 0. The summed E-state index contributed by atoms with van der Waals surface area (Å²) in [6, 6.07) is -0.414. The summed E-state index contributed by atoms with van der Waals surface area (Å²) in [6.07, 6.45) is 4.39. The molecule has 1 aliphatic rings. The number of hydrogen-bond acceptors (Lipinski definition) is 5. The zero-order valence-electron chi connectivity index (χ0n) is 10.8. The molecule has 0 aliphatic carbocycles. The summed E-state index contributed by atoms with van der Waals surface area (Å²) >= 11 is 0. The van der Waals surface area contributed by atoms with Gasteiger partial charge in [-0.1, -0.05) is 18.7 Å². The van der Waals surface area contributed by atoms with Crippen LogP contribution in [0.2, 0.25) is 0 Å². The third-order valence-corrected chi connectivity index (χ3v) is 3.00. The van der Waals surface area contributed by atoms with Gasteiger partial charge in [-0.25, -0.2) is 0 Å². The highest BCUT2D eigenvalue weighted by Crippen LogP contribution is 2.17. The van der Waals surface area contributed by atoms with E-state index in [1.807, 2.05) is 11.0 Å². The van der Waals surface area contributed by atoms with Crippen molar-refractivity contribution >= 4 is 11.9 Å². The van der Waals surface area contributed by atoms with Crippen molar-refractivity contribution in [1.82, 2.24) is 4.90 Å². The second-order valence-corrected chi connectivity index (χ2v) is 4.07. The van der Waals surface area contributed by atoms with Crippen LogP contribution in [0.25, 0.3) is 0 Å². The van der Waals surface area contributed by atoms with Crippen LogP contribution in [0.15, 0.2) is 24.3 Å². The van der Waals surface area contributed by atoms with Gasteiger partial charge in [0.15, 0.2) is 0 Å². The predicted molar refractivity (Wildman–Crippen MR) is 66.9 cm³/mol. The number of hydrogen-bond donors (Lipinski definition) is 0. The van der Waals surface area contributed by atoms with Gasteiger partial charge in [-0.2, -0.15) is 0 Å². The summed E-state index contributed by atoms with van der Waals surface area (Å²) in [5.41, 5.74) is 1.09. The number of carbonyl (C=O) groups is 2. The molecule has 0 fully saturated rings. The highest BCUT2D eigenvalue weighted by Gasteiger charge is 2.29. The van der Waals surface area contributed by atoms with Crippen LogP contribution in [-0.2, 0) is 19.1 Å². The van der Waals surface area contributed by atoms with Crippen LogP contribution in [0.1, 0.15) is 12.8 Å². The molecule has 0 spiro atoms. The highest BCUT2D eigenvalue weighted by molar-refractivity contribution is 5.77. The van der Waals surface area contributed by atoms with E-state index in [1.165, 1.54) is 14.2 Å². The van der Waals surface area contributed by atoms with Crippen LogP contribution in [0.5, 0.6) is 0 Å². The summed E-state index contributed by atoms with van der Waals surface area (Å²) in [7, 11) is 2.69.